The number of ether oxygens (including phenoxy) is 1. The molecule has 0 bridgehead atoms. The number of hydrogen-bond donors (Lipinski definition) is 0. The zero-order chi connectivity index (χ0) is 17.4. The molecule has 140 valence electrons. The summed E-state index contributed by atoms with van der Waals surface area (Å²) in [5, 5.41) is 0. The second-order valence-electron chi connectivity index (χ2n) is 7.82. The van der Waals surface area contributed by atoms with Crippen LogP contribution >= 0.6 is 0 Å². The molecule has 0 unspecified atom stereocenters. The third kappa shape index (κ3) is 7.73. The minimum atomic E-state index is -4.46. The van der Waals surface area contributed by atoms with Gasteiger partial charge in [0.25, 0.3) is 0 Å². The van der Waals surface area contributed by atoms with Crippen molar-refractivity contribution in [2.24, 2.45) is 11.8 Å². The van der Waals surface area contributed by atoms with E-state index in [1.165, 1.54) is 44.6 Å². The van der Waals surface area contributed by atoms with Crippen LogP contribution in [0.4, 0.5) is 13.2 Å². The highest BCUT2D eigenvalue weighted by Gasteiger charge is 2.35. The molecule has 0 N–H and O–H groups in total. The Kier molecular flexibility index (Phi) is 8.34. The van der Waals surface area contributed by atoms with Crippen molar-refractivity contribution < 1.29 is 17.9 Å². The first-order valence-electron chi connectivity index (χ1n) is 9.82. The van der Waals surface area contributed by atoms with E-state index in [2.05, 4.69) is 23.8 Å². The molecule has 0 aliphatic heterocycles. The van der Waals surface area contributed by atoms with E-state index in [0.29, 0.717) is 18.8 Å². The molecule has 0 heterocycles. The van der Waals surface area contributed by atoms with Crippen molar-refractivity contribution in [1.82, 2.24) is 0 Å². The van der Waals surface area contributed by atoms with Gasteiger partial charge in [-0.25, -0.2) is 0 Å². The third-order valence-corrected chi connectivity index (χ3v) is 8.80. The molecule has 0 atom stereocenters. The van der Waals surface area contributed by atoms with Crippen LogP contribution in [0.15, 0.2) is 12.2 Å². The standard InChI is InChI=1S/C19H33F3OSi/c1-2-3-4-5-15-8-12-18(13-9-15)24-14-16-6-10-17(11-7-16)23-19(20,21)22/h2-3,15-18H,4-14,24H2,1H3/b3-2+. The Labute approximate surface area is 147 Å². The van der Waals surface area contributed by atoms with Gasteiger partial charge in [0.15, 0.2) is 0 Å². The van der Waals surface area contributed by atoms with E-state index in [-0.39, 0.29) is 9.52 Å². The van der Waals surface area contributed by atoms with E-state index in [1.54, 1.807) is 0 Å². The maximum Gasteiger partial charge on any atom is 0.522 e. The average molecular weight is 363 g/mol. The molecule has 2 rings (SSSR count). The predicted molar refractivity (Wildman–Crippen MR) is 96.0 cm³/mol. The first kappa shape index (κ1) is 20.0. The Balaban J connectivity index is 1.55. The van der Waals surface area contributed by atoms with Crippen molar-refractivity contribution in [3.05, 3.63) is 12.2 Å². The lowest BCUT2D eigenvalue weighted by Gasteiger charge is -2.31. The van der Waals surface area contributed by atoms with Crippen LogP contribution < -0.4 is 0 Å². The summed E-state index contributed by atoms with van der Waals surface area (Å²) >= 11 is 0. The van der Waals surface area contributed by atoms with Crippen LogP contribution in [0.25, 0.3) is 0 Å². The topological polar surface area (TPSA) is 9.23 Å². The Bertz CT molecular complexity index is 367. The molecule has 5 heteroatoms. The summed E-state index contributed by atoms with van der Waals surface area (Å²) in [5.74, 6) is 1.61. The smallest absolute Gasteiger partial charge is 0.289 e. The van der Waals surface area contributed by atoms with E-state index in [1.807, 2.05) is 0 Å². The molecule has 0 amide bonds. The van der Waals surface area contributed by atoms with Gasteiger partial charge in [-0.3, -0.25) is 4.74 Å². The van der Waals surface area contributed by atoms with Crippen LogP contribution in [-0.2, 0) is 4.74 Å². The van der Waals surface area contributed by atoms with Gasteiger partial charge in [0.1, 0.15) is 0 Å². The van der Waals surface area contributed by atoms with E-state index in [9.17, 15) is 13.2 Å². The molecule has 0 spiro atoms. The summed E-state index contributed by atoms with van der Waals surface area (Å²) in [5.41, 5.74) is 0.993. The summed E-state index contributed by atoms with van der Waals surface area (Å²) in [6, 6.07) is 1.34. The van der Waals surface area contributed by atoms with Gasteiger partial charge < -0.3 is 0 Å². The molecule has 2 saturated carbocycles. The molecule has 0 aromatic heterocycles. The molecular formula is C19H33F3OSi. The normalized spacial score (nSPS) is 32.8. The van der Waals surface area contributed by atoms with Gasteiger partial charge in [-0.1, -0.05) is 49.4 Å². The summed E-state index contributed by atoms with van der Waals surface area (Å²) in [4.78, 5) is 0. The SMILES string of the molecule is C/C=C/CCC1CCC([SiH2]CC2CCC(OC(F)(F)F)CC2)CC1. The summed E-state index contributed by atoms with van der Waals surface area (Å²) in [7, 11) is -0.0531. The average Bonchev–Trinajstić information content (AvgIpc) is 2.54. The van der Waals surface area contributed by atoms with E-state index in [0.717, 1.165) is 24.3 Å². The molecule has 0 saturated heterocycles. The van der Waals surface area contributed by atoms with Crippen LogP contribution in [0.5, 0.6) is 0 Å². The monoisotopic (exact) mass is 362 g/mol. The highest BCUT2D eigenvalue weighted by Crippen LogP contribution is 2.37. The third-order valence-electron chi connectivity index (χ3n) is 6.02. The van der Waals surface area contributed by atoms with Crippen molar-refractivity contribution in [3.8, 4) is 0 Å². The second-order valence-corrected chi connectivity index (χ2v) is 10.1. The summed E-state index contributed by atoms with van der Waals surface area (Å²) in [6.45, 7) is 2.09. The maximum absolute atomic E-state index is 12.2. The minimum Gasteiger partial charge on any atom is -0.289 e. The molecule has 2 fully saturated rings. The van der Waals surface area contributed by atoms with Crippen LogP contribution in [0.2, 0.25) is 11.6 Å². The molecule has 1 nitrogen and oxygen atoms in total. The van der Waals surface area contributed by atoms with Crippen LogP contribution in [0, 0.1) is 11.8 Å². The van der Waals surface area contributed by atoms with Gasteiger partial charge in [0.05, 0.1) is 6.10 Å². The quantitative estimate of drug-likeness (QED) is 0.398. The number of hydrogen-bond acceptors (Lipinski definition) is 1. The fourth-order valence-electron chi connectivity index (χ4n) is 4.51. The van der Waals surface area contributed by atoms with Gasteiger partial charge in [-0.2, -0.15) is 0 Å². The van der Waals surface area contributed by atoms with Crippen LogP contribution in [-0.4, -0.2) is 22.0 Å². The zero-order valence-electron chi connectivity index (χ0n) is 15.0. The lowest BCUT2D eigenvalue weighted by molar-refractivity contribution is -0.345. The molecule has 2 aliphatic rings. The Morgan fingerprint density at radius 3 is 2.17 bits per heavy atom. The Morgan fingerprint density at radius 1 is 0.958 bits per heavy atom. The van der Waals surface area contributed by atoms with Gasteiger partial charge in [-0.05, 0) is 57.3 Å². The molecule has 2 aliphatic carbocycles. The minimum absolute atomic E-state index is 0.0531. The van der Waals surface area contributed by atoms with Gasteiger partial charge in [0, 0.05) is 9.52 Å². The van der Waals surface area contributed by atoms with E-state index >= 15 is 0 Å². The molecular weight excluding hydrogens is 329 g/mol. The van der Waals surface area contributed by atoms with Gasteiger partial charge in [0.2, 0.25) is 0 Å². The zero-order valence-corrected chi connectivity index (χ0v) is 16.4. The molecule has 0 aromatic carbocycles. The fraction of sp³-hybridized carbons (Fsp3) is 0.895. The van der Waals surface area contributed by atoms with E-state index < -0.39 is 12.5 Å². The lowest BCUT2D eigenvalue weighted by Crippen LogP contribution is -2.28. The molecule has 24 heavy (non-hydrogen) atoms. The first-order chi connectivity index (χ1) is 11.5. The highest BCUT2D eigenvalue weighted by molar-refractivity contribution is 6.37. The van der Waals surface area contributed by atoms with Crippen molar-refractivity contribution >= 4 is 9.52 Å². The second kappa shape index (κ2) is 10.0. The molecule has 0 radical (unpaired) electrons. The molecule has 0 aromatic rings. The van der Waals surface area contributed by atoms with E-state index in [4.69, 9.17) is 0 Å². The maximum atomic E-state index is 12.2. The van der Waals surface area contributed by atoms with Crippen molar-refractivity contribution in [2.75, 3.05) is 0 Å². The Morgan fingerprint density at radius 2 is 1.58 bits per heavy atom. The predicted octanol–water partition coefficient (Wildman–Crippen LogP) is 6.00. The number of alkyl halides is 3. The number of allylic oxidation sites excluding steroid dienone is 2. The number of rotatable bonds is 7. The van der Waals surface area contributed by atoms with Gasteiger partial charge >= 0.3 is 6.36 Å². The highest BCUT2D eigenvalue weighted by atomic mass is 28.2. The van der Waals surface area contributed by atoms with Crippen molar-refractivity contribution in [1.29, 1.82) is 0 Å². The Hall–Kier alpha value is -0.293. The number of halogens is 3. The van der Waals surface area contributed by atoms with Crippen LogP contribution in [0.3, 0.4) is 0 Å². The fourth-order valence-corrected chi connectivity index (χ4v) is 7.08. The van der Waals surface area contributed by atoms with Crippen LogP contribution in [0.1, 0.15) is 71.1 Å². The summed E-state index contributed by atoms with van der Waals surface area (Å²) < 4.78 is 40.9. The summed E-state index contributed by atoms with van der Waals surface area (Å²) in [6.07, 6.45) is 10.7. The van der Waals surface area contributed by atoms with Crippen molar-refractivity contribution in [3.63, 3.8) is 0 Å². The lowest BCUT2D eigenvalue weighted by atomic mass is 9.85. The largest absolute Gasteiger partial charge is 0.522 e. The van der Waals surface area contributed by atoms with Crippen molar-refractivity contribution in [2.45, 2.75) is 95.2 Å². The first-order valence-corrected chi connectivity index (χ1v) is 11.6. The van der Waals surface area contributed by atoms with Gasteiger partial charge in [-0.15, -0.1) is 13.2 Å².